The van der Waals surface area contributed by atoms with E-state index >= 15 is 0 Å². The van der Waals surface area contributed by atoms with Crippen LogP contribution >= 0.6 is 11.8 Å². The second kappa shape index (κ2) is 8.95. The highest BCUT2D eigenvalue weighted by atomic mass is 32.2. The van der Waals surface area contributed by atoms with Gasteiger partial charge in [0.1, 0.15) is 5.75 Å². The van der Waals surface area contributed by atoms with E-state index in [0.29, 0.717) is 33.9 Å². The highest BCUT2D eigenvalue weighted by molar-refractivity contribution is 7.99. The van der Waals surface area contributed by atoms with Crippen molar-refractivity contribution in [2.45, 2.75) is 17.6 Å². The van der Waals surface area contributed by atoms with Crippen molar-refractivity contribution in [1.29, 1.82) is 0 Å². The molecule has 0 bridgehead atoms. The normalized spacial score (nSPS) is 17.4. The van der Waals surface area contributed by atoms with Crippen molar-refractivity contribution in [1.82, 2.24) is 14.5 Å². The Morgan fingerprint density at radius 2 is 1.94 bits per heavy atom. The molecule has 2 aromatic carbocycles. The molecule has 168 valence electrons. The zero-order valence-electron chi connectivity index (χ0n) is 17.7. The first-order valence-corrected chi connectivity index (χ1v) is 12.9. The summed E-state index contributed by atoms with van der Waals surface area (Å²) in [5.74, 6) is 0.397. The number of hydrogen-bond donors (Lipinski definition) is 0. The fourth-order valence-electron chi connectivity index (χ4n) is 3.75. The minimum atomic E-state index is -3.09. The quantitative estimate of drug-likeness (QED) is 0.400. The van der Waals surface area contributed by atoms with Gasteiger partial charge in [-0.05, 0) is 30.7 Å². The predicted molar refractivity (Wildman–Crippen MR) is 124 cm³/mol. The summed E-state index contributed by atoms with van der Waals surface area (Å²) in [5.41, 5.74) is 0.808. The van der Waals surface area contributed by atoms with E-state index in [4.69, 9.17) is 4.74 Å². The fraction of sp³-hybridized carbons (Fsp3) is 0.318. The average molecular weight is 474 g/mol. The number of para-hydroxylation sites is 3. The van der Waals surface area contributed by atoms with Gasteiger partial charge in [-0.25, -0.2) is 13.4 Å². The number of aromatic nitrogens is 2. The van der Waals surface area contributed by atoms with E-state index in [1.807, 2.05) is 6.07 Å². The highest BCUT2D eigenvalue weighted by Crippen LogP contribution is 2.27. The summed E-state index contributed by atoms with van der Waals surface area (Å²) in [7, 11) is 0.0538. The Bertz CT molecular complexity index is 1340. The molecule has 10 heteroatoms. The van der Waals surface area contributed by atoms with Gasteiger partial charge in [0.15, 0.2) is 15.0 Å². The standard InChI is InChI=1S/C22H23N3O5S2/c1-24(15-11-12-32(28,29)14-15)20(26)13-31-22-23-17-8-4-3-7-16(17)21(27)25(22)18-9-5-6-10-19(18)30-2/h3-10,15H,11-14H2,1-2H3. The lowest BCUT2D eigenvalue weighted by Crippen LogP contribution is -2.39. The van der Waals surface area contributed by atoms with E-state index in [2.05, 4.69) is 4.98 Å². The van der Waals surface area contributed by atoms with E-state index in [1.54, 1.807) is 49.5 Å². The Balaban J connectivity index is 1.69. The monoisotopic (exact) mass is 473 g/mol. The molecule has 1 saturated heterocycles. The number of carbonyl (C=O) groups is 1. The number of rotatable bonds is 6. The van der Waals surface area contributed by atoms with Crippen LogP contribution in [0, 0.1) is 0 Å². The maximum absolute atomic E-state index is 13.4. The lowest BCUT2D eigenvalue weighted by molar-refractivity contribution is -0.128. The Hall–Kier alpha value is -2.85. The Morgan fingerprint density at radius 3 is 2.66 bits per heavy atom. The van der Waals surface area contributed by atoms with Crippen LogP contribution in [0.2, 0.25) is 0 Å². The zero-order valence-corrected chi connectivity index (χ0v) is 19.4. The summed E-state index contributed by atoms with van der Waals surface area (Å²) in [4.78, 5) is 32.3. The molecule has 1 aromatic heterocycles. The topological polar surface area (TPSA) is 98.6 Å². The number of hydrogen-bond acceptors (Lipinski definition) is 7. The molecule has 1 aliphatic rings. The Labute approximate surface area is 190 Å². The van der Waals surface area contributed by atoms with Crippen LogP contribution in [-0.2, 0) is 14.6 Å². The largest absolute Gasteiger partial charge is 0.495 e. The molecule has 1 unspecified atom stereocenters. The van der Waals surface area contributed by atoms with Gasteiger partial charge in [-0.15, -0.1) is 0 Å². The summed E-state index contributed by atoms with van der Waals surface area (Å²) in [6.45, 7) is 0. The van der Waals surface area contributed by atoms with Crippen molar-refractivity contribution >= 4 is 38.4 Å². The molecule has 8 nitrogen and oxygen atoms in total. The minimum absolute atomic E-state index is 0.0138. The number of carbonyl (C=O) groups excluding carboxylic acids is 1. The molecule has 4 rings (SSSR count). The lowest BCUT2D eigenvalue weighted by atomic mass is 10.2. The number of ether oxygens (including phenoxy) is 1. The summed E-state index contributed by atoms with van der Waals surface area (Å²) in [6.07, 6.45) is 0.440. The molecule has 1 aliphatic heterocycles. The molecule has 3 aromatic rings. The molecule has 0 spiro atoms. The molecule has 0 saturated carbocycles. The van der Waals surface area contributed by atoms with Crippen molar-refractivity contribution in [3.8, 4) is 11.4 Å². The number of thioether (sulfide) groups is 1. The van der Waals surface area contributed by atoms with Crippen LogP contribution in [0.3, 0.4) is 0 Å². The highest BCUT2D eigenvalue weighted by Gasteiger charge is 2.32. The van der Waals surface area contributed by atoms with Crippen LogP contribution in [0.1, 0.15) is 6.42 Å². The van der Waals surface area contributed by atoms with Gasteiger partial charge in [-0.2, -0.15) is 0 Å². The van der Waals surface area contributed by atoms with Gasteiger partial charge in [-0.3, -0.25) is 14.2 Å². The smallest absolute Gasteiger partial charge is 0.266 e. The molecule has 2 heterocycles. The van der Waals surface area contributed by atoms with Crippen molar-refractivity contribution in [2.24, 2.45) is 0 Å². The molecule has 1 amide bonds. The van der Waals surface area contributed by atoms with Crippen molar-refractivity contribution in [3.05, 3.63) is 58.9 Å². The first-order chi connectivity index (χ1) is 15.3. The SMILES string of the molecule is COc1ccccc1-n1c(SCC(=O)N(C)C2CCS(=O)(=O)C2)nc2ccccc2c1=O. The molecular formula is C22H23N3O5S2. The van der Waals surface area contributed by atoms with E-state index in [0.717, 1.165) is 11.8 Å². The third kappa shape index (κ3) is 4.37. The van der Waals surface area contributed by atoms with Crippen LogP contribution in [0.15, 0.2) is 58.5 Å². The second-order valence-corrected chi connectivity index (χ2v) is 10.7. The first-order valence-electron chi connectivity index (χ1n) is 10.0. The predicted octanol–water partition coefficient (Wildman–Crippen LogP) is 2.13. The summed E-state index contributed by atoms with van der Waals surface area (Å²) < 4.78 is 30.4. The number of sulfone groups is 1. The number of methoxy groups -OCH3 is 1. The van der Waals surface area contributed by atoms with Crippen molar-refractivity contribution in [2.75, 3.05) is 31.4 Å². The van der Waals surface area contributed by atoms with Crippen molar-refractivity contribution in [3.63, 3.8) is 0 Å². The Morgan fingerprint density at radius 1 is 1.22 bits per heavy atom. The average Bonchev–Trinajstić information content (AvgIpc) is 3.16. The summed E-state index contributed by atoms with van der Waals surface area (Å²) in [6, 6.07) is 13.8. The van der Waals surface area contributed by atoms with Crippen LogP contribution in [0.4, 0.5) is 0 Å². The van der Waals surface area contributed by atoms with Gasteiger partial charge < -0.3 is 9.64 Å². The van der Waals surface area contributed by atoms with E-state index in [-0.39, 0.29) is 34.8 Å². The summed E-state index contributed by atoms with van der Waals surface area (Å²) >= 11 is 1.14. The number of amides is 1. The number of nitrogens with zero attached hydrogens (tertiary/aromatic N) is 3. The third-order valence-corrected chi connectivity index (χ3v) is 8.22. The maximum Gasteiger partial charge on any atom is 0.266 e. The molecule has 1 atom stereocenters. The van der Waals surface area contributed by atoms with Crippen LogP contribution in [0.5, 0.6) is 5.75 Å². The minimum Gasteiger partial charge on any atom is -0.495 e. The lowest BCUT2D eigenvalue weighted by Gasteiger charge is -2.23. The van der Waals surface area contributed by atoms with Gasteiger partial charge in [-0.1, -0.05) is 36.0 Å². The molecule has 0 aliphatic carbocycles. The van der Waals surface area contributed by atoms with E-state index < -0.39 is 9.84 Å². The van der Waals surface area contributed by atoms with E-state index in [9.17, 15) is 18.0 Å². The molecule has 0 N–H and O–H groups in total. The van der Waals surface area contributed by atoms with Gasteiger partial charge >= 0.3 is 0 Å². The molecule has 1 fully saturated rings. The number of fused-ring (bicyclic) bond motifs is 1. The Kier molecular flexibility index (Phi) is 6.25. The van der Waals surface area contributed by atoms with Gasteiger partial charge in [0, 0.05) is 13.1 Å². The van der Waals surface area contributed by atoms with Crippen molar-refractivity contribution < 1.29 is 17.9 Å². The molecular weight excluding hydrogens is 450 g/mol. The number of benzene rings is 2. The summed E-state index contributed by atoms with van der Waals surface area (Å²) in [5, 5.41) is 0.821. The fourth-order valence-corrected chi connectivity index (χ4v) is 6.45. The second-order valence-electron chi connectivity index (χ2n) is 7.57. The molecule has 0 radical (unpaired) electrons. The zero-order chi connectivity index (χ0) is 22.9. The third-order valence-electron chi connectivity index (χ3n) is 5.55. The first kappa shape index (κ1) is 22.3. The van der Waals surface area contributed by atoms with Crippen LogP contribution < -0.4 is 10.3 Å². The van der Waals surface area contributed by atoms with Gasteiger partial charge in [0.2, 0.25) is 5.91 Å². The van der Waals surface area contributed by atoms with Gasteiger partial charge in [0.25, 0.3) is 5.56 Å². The van der Waals surface area contributed by atoms with Crippen LogP contribution in [-0.4, -0.2) is 66.2 Å². The van der Waals surface area contributed by atoms with Crippen LogP contribution in [0.25, 0.3) is 16.6 Å². The molecule has 32 heavy (non-hydrogen) atoms. The van der Waals surface area contributed by atoms with Gasteiger partial charge in [0.05, 0.1) is 41.0 Å². The maximum atomic E-state index is 13.4. The van der Waals surface area contributed by atoms with E-state index in [1.165, 1.54) is 16.6 Å².